The molecule has 0 fully saturated rings. The molecule has 1 aromatic heterocycles. The summed E-state index contributed by atoms with van der Waals surface area (Å²) in [6.07, 6.45) is 3.62. The lowest BCUT2D eigenvalue weighted by atomic mass is 10.1. The van der Waals surface area contributed by atoms with E-state index in [2.05, 4.69) is 10.3 Å². The first kappa shape index (κ1) is 13.0. The minimum Gasteiger partial charge on any atom is -0.309 e. The summed E-state index contributed by atoms with van der Waals surface area (Å²) < 4.78 is 13.0. The van der Waals surface area contributed by atoms with Gasteiger partial charge in [-0.15, -0.1) is 0 Å². The van der Waals surface area contributed by atoms with Crippen LogP contribution in [0, 0.1) is 12.7 Å². The smallest absolute Gasteiger partial charge is 0.141 e. The van der Waals surface area contributed by atoms with Crippen LogP contribution in [0.25, 0.3) is 0 Å². The molecule has 1 aromatic carbocycles. The lowest BCUT2D eigenvalue weighted by Crippen LogP contribution is -2.13. The van der Waals surface area contributed by atoms with Gasteiger partial charge in [-0.05, 0) is 41.8 Å². The molecule has 1 heterocycles. The van der Waals surface area contributed by atoms with Crippen molar-refractivity contribution in [3.05, 3.63) is 64.2 Å². The molecule has 2 rings (SSSR count). The molecule has 0 atom stereocenters. The number of nitrogens with one attached hydrogen (secondary N) is 1. The molecule has 0 spiro atoms. The van der Waals surface area contributed by atoms with Crippen LogP contribution in [0.1, 0.15) is 16.7 Å². The molecule has 18 heavy (non-hydrogen) atoms. The molecule has 4 heteroatoms. The third-order valence-electron chi connectivity index (χ3n) is 2.77. The summed E-state index contributed by atoms with van der Waals surface area (Å²) in [5.74, 6) is -0.384. The van der Waals surface area contributed by atoms with E-state index in [1.54, 1.807) is 18.3 Å². The van der Waals surface area contributed by atoms with Gasteiger partial charge in [0, 0.05) is 25.5 Å². The van der Waals surface area contributed by atoms with Crippen molar-refractivity contribution < 1.29 is 4.39 Å². The minimum absolute atomic E-state index is 0.161. The van der Waals surface area contributed by atoms with Crippen molar-refractivity contribution in [3.63, 3.8) is 0 Å². The molecule has 0 saturated heterocycles. The largest absolute Gasteiger partial charge is 0.309 e. The Morgan fingerprint density at radius 3 is 2.83 bits per heavy atom. The summed E-state index contributed by atoms with van der Waals surface area (Å²) in [5.41, 5.74) is 3.33. The topological polar surface area (TPSA) is 24.9 Å². The van der Waals surface area contributed by atoms with Gasteiger partial charge in [0.1, 0.15) is 5.82 Å². The van der Waals surface area contributed by atoms with Gasteiger partial charge in [-0.2, -0.15) is 0 Å². The van der Waals surface area contributed by atoms with Crippen LogP contribution in [0.5, 0.6) is 0 Å². The Bertz CT molecular complexity index is 543. The highest BCUT2D eigenvalue weighted by Gasteiger charge is 2.01. The van der Waals surface area contributed by atoms with E-state index in [9.17, 15) is 4.39 Å². The lowest BCUT2D eigenvalue weighted by molar-refractivity contribution is 0.625. The summed E-state index contributed by atoms with van der Waals surface area (Å²) in [4.78, 5) is 4.05. The summed E-state index contributed by atoms with van der Waals surface area (Å²) in [6.45, 7) is 3.43. The van der Waals surface area contributed by atoms with Crippen molar-refractivity contribution in [1.82, 2.24) is 10.3 Å². The van der Waals surface area contributed by atoms with Crippen LogP contribution >= 0.6 is 11.6 Å². The quantitative estimate of drug-likeness (QED) is 0.915. The first-order valence-corrected chi connectivity index (χ1v) is 6.09. The van der Waals surface area contributed by atoms with Gasteiger partial charge in [0.05, 0.1) is 5.02 Å². The molecular weight excluding hydrogens is 251 g/mol. The summed E-state index contributed by atoms with van der Waals surface area (Å²) >= 11 is 5.72. The Kier molecular flexibility index (Phi) is 4.28. The third kappa shape index (κ3) is 3.28. The standard InChI is InChI=1S/C14H14ClFN2/c1-10-7-17-5-4-12(10)9-18-8-11-2-3-14(16)13(15)6-11/h2-7,18H,8-9H2,1H3. The molecule has 0 saturated carbocycles. The van der Waals surface area contributed by atoms with E-state index in [0.717, 1.165) is 17.7 Å². The number of nitrogens with zero attached hydrogens (tertiary/aromatic N) is 1. The highest BCUT2D eigenvalue weighted by molar-refractivity contribution is 6.30. The fraction of sp³-hybridized carbons (Fsp3) is 0.214. The van der Waals surface area contributed by atoms with Gasteiger partial charge in [-0.25, -0.2) is 4.39 Å². The maximum atomic E-state index is 13.0. The van der Waals surface area contributed by atoms with Crippen molar-refractivity contribution in [2.24, 2.45) is 0 Å². The summed E-state index contributed by atoms with van der Waals surface area (Å²) in [5, 5.41) is 3.46. The van der Waals surface area contributed by atoms with Crippen molar-refractivity contribution in [2.45, 2.75) is 20.0 Å². The van der Waals surface area contributed by atoms with Crippen LogP contribution in [0.15, 0.2) is 36.7 Å². The maximum Gasteiger partial charge on any atom is 0.141 e. The number of pyridine rings is 1. The molecule has 2 aromatic rings. The molecule has 0 aliphatic rings. The Hall–Kier alpha value is -1.45. The molecule has 0 bridgehead atoms. The molecular formula is C14H14ClFN2. The number of hydrogen-bond acceptors (Lipinski definition) is 2. The van der Waals surface area contributed by atoms with E-state index >= 15 is 0 Å². The predicted octanol–water partition coefficient (Wildman–Crippen LogP) is 3.47. The number of rotatable bonds is 4. The van der Waals surface area contributed by atoms with Crippen LogP contribution in [-0.4, -0.2) is 4.98 Å². The number of halogens is 2. The number of aryl methyl sites for hydroxylation is 1. The lowest BCUT2D eigenvalue weighted by Gasteiger charge is -2.07. The van der Waals surface area contributed by atoms with E-state index in [0.29, 0.717) is 6.54 Å². The maximum absolute atomic E-state index is 13.0. The fourth-order valence-electron chi connectivity index (χ4n) is 1.69. The van der Waals surface area contributed by atoms with Gasteiger partial charge in [0.25, 0.3) is 0 Å². The highest BCUT2D eigenvalue weighted by Crippen LogP contribution is 2.16. The average Bonchev–Trinajstić information content (AvgIpc) is 2.36. The Balaban J connectivity index is 1.92. The first-order valence-electron chi connectivity index (χ1n) is 5.71. The summed E-state index contributed by atoms with van der Waals surface area (Å²) in [7, 11) is 0. The number of aromatic nitrogens is 1. The fourth-order valence-corrected chi connectivity index (χ4v) is 1.89. The van der Waals surface area contributed by atoms with Crippen molar-refractivity contribution >= 4 is 11.6 Å². The van der Waals surface area contributed by atoms with Crippen LogP contribution in [-0.2, 0) is 13.1 Å². The van der Waals surface area contributed by atoms with Gasteiger partial charge in [-0.1, -0.05) is 17.7 Å². The Morgan fingerprint density at radius 2 is 2.11 bits per heavy atom. The van der Waals surface area contributed by atoms with Crippen molar-refractivity contribution in [2.75, 3.05) is 0 Å². The number of benzene rings is 1. The Morgan fingerprint density at radius 1 is 1.28 bits per heavy atom. The predicted molar refractivity (Wildman–Crippen MR) is 70.9 cm³/mol. The second-order valence-electron chi connectivity index (χ2n) is 4.15. The molecule has 0 unspecified atom stereocenters. The monoisotopic (exact) mass is 264 g/mol. The van der Waals surface area contributed by atoms with E-state index < -0.39 is 0 Å². The third-order valence-corrected chi connectivity index (χ3v) is 3.05. The molecule has 2 nitrogen and oxygen atoms in total. The minimum atomic E-state index is -0.384. The van der Waals surface area contributed by atoms with Gasteiger partial charge in [0.2, 0.25) is 0 Å². The average molecular weight is 265 g/mol. The van der Waals surface area contributed by atoms with Gasteiger partial charge < -0.3 is 5.32 Å². The first-order chi connectivity index (χ1) is 8.66. The van der Waals surface area contributed by atoms with Crippen LogP contribution in [0.4, 0.5) is 4.39 Å². The van der Waals surface area contributed by atoms with E-state index in [4.69, 9.17) is 11.6 Å². The second kappa shape index (κ2) is 5.94. The molecule has 0 amide bonds. The molecule has 0 radical (unpaired) electrons. The Labute approximate surface area is 111 Å². The summed E-state index contributed by atoms with van der Waals surface area (Å²) in [6, 6.07) is 6.74. The molecule has 0 aliphatic heterocycles. The van der Waals surface area contributed by atoms with Gasteiger partial charge in [-0.3, -0.25) is 4.98 Å². The zero-order valence-electron chi connectivity index (χ0n) is 10.1. The van der Waals surface area contributed by atoms with Crippen molar-refractivity contribution in [1.29, 1.82) is 0 Å². The van der Waals surface area contributed by atoms with E-state index in [1.807, 2.05) is 19.2 Å². The second-order valence-corrected chi connectivity index (χ2v) is 4.56. The zero-order valence-corrected chi connectivity index (χ0v) is 10.8. The van der Waals surface area contributed by atoms with Crippen molar-refractivity contribution in [3.8, 4) is 0 Å². The SMILES string of the molecule is Cc1cnccc1CNCc1ccc(F)c(Cl)c1. The normalized spacial score (nSPS) is 10.6. The molecule has 1 N–H and O–H groups in total. The zero-order chi connectivity index (χ0) is 13.0. The molecule has 94 valence electrons. The van der Waals surface area contributed by atoms with Crippen LogP contribution in [0.2, 0.25) is 5.02 Å². The van der Waals surface area contributed by atoms with E-state index in [-0.39, 0.29) is 10.8 Å². The van der Waals surface area contributed by atoms with Gasteiger partial charge >= 0.3 is 0 Å². The highest BCUT2D eigenvalue weighted by atomic mass is 35.5. The van der Waals surface area contributed by atoms with Crippen LogP contribution in [0.3, 0.4) is 0 Å². The number of hydrogen-bond donors (Lipinski definition) is 1. The van der Waals surface area contributed by atoms with Crippen LogP contribution < -0.4 is 5.32 Å². The van der Waals surface area contributed by atoms with Gasteiger partial charge in [0.15, 0.2) is 0 Å². The molecule has 0 aliphatic carbocycles. The van der Waals surface area contributed by atoms with E-state index in [1.165, 1.54) is 11.6 Å².